The first-order chi connectivity index (χ1) is 7.49. The second kappa shape index (κ2) is 3.91. The molecule has 4 heteroatoms. The van der Waals surface area contributed by atoms with Crippen molar-refractivity contribution in [2.45, 2.75) is 19.8 Å². The third kappa shape index (κ3) is 1.83. The van der Waals surface area contributed by atoms with Crippen LogP contribution in [0.4, 0.5) is 10.2 Å². The van der Waals surface area contributed by atoms with Crippen molar-refractivity contribution < 1.29 is 4.39 Å². The van der Waals surface area contributed by atoms with E-state index in [1.807, 2.05) is 19.9 Å². The van der Waals surface area contributed by atoms with E-state index < -0.39 is 5.82 Å². The first-order valence-corrected chi connectivity index (χ1v) is 5.42. The minimum atomic E-state index is -0.401. The molecule has 0 fully saturated rings. The van der Waals surface area contributed by atoms with Crippen molar-refractivity contribution in [2.75, 3.05) is 5.73 Å². The van der Waals surface area contributed by atoms with Gasteiger partial charge in [-0.25, -0.2) is 9.37 Å². The van der Waals surface area contributed by atoms with Gasteiger partial charge in [-0.2, -0.15) is 0 Å². The lowest BCUT2D eigenvalue weighted by molar-refractivity contribution is 0.629. The molecule has 0 saturated carbocycles. The van der Waals surface area contributed by atoms with Crippen LogP contribution >= 0.6 is 11.6 Å². The Labute approximate surface area is 98.2 Å². The number of anilines is 1. The van der Waals surface area contributed by atoms with Gasteiger partial charge in [0, 0.05) is 11.5 Å². The molecular formula is C12H12ClFN2. The molecule has 0 radical (unpaired) electrons. The van der Waals surface area contributed by atoms with E-state index in [0.29, 0.717) is 16.4 Å². The summed E-state index contributed by atoms with van der Waals surface area (Å²) in [7, 11) is 0. The Morgan fingerprint density at radius 1 is 1.31 bits per heavy atom. The summed E-state index contributed by atoms with van der Waals surface area (Å²) < 4.78 is 13.1. The fraction of sp³-hybridized carbons (Fsp3) is 0.250. The normalized spacial score (nSPS) is 11.3. The lowest BCUT2D eigenvalue weighted by Gasteiger charge is -2.10. The summed E-state index contributed by atoms with van der Waals surface area (Å²) in [6.45, 7) is 4.05. The van der Waals surface area contributed by atoms with Gasteiger partial charge in [-0.1, -0.05) is 25.4 Å². The standard InChI is InChI=1S/C12H12ClFN2/c1-6(2)8-5-9-10(13)3-7(14)4-11(9)16-12(8)15/h3-6H,1-2H3,(H2,15,16). The van der Waals surface area contributed by atoms with Gasteiger partial charge >= 0.3 is 0 Å². The highest BCUT2D eigenvalue weighted by atomic mass is 35.5. The largest absolute Gasteiger partial charge is 0.383 e. The number of nitrogen functional groups attached to an aromatic ring is 1. The van der Waals surface area contributed by atoms with Gasteiger partial charge in [0.1, 0.15) is 11.6 Å². The molecule has 0 atom stereocenters. The van der Waals surface area contributed by atoms with Gasteiger partial charge in [0.25, 0.3) is 0 Å². The van der Waals surface area contributed by atoms with Crippen LogP contribution in [0.2, 0.25) is 5.02 Å². The molecule has 0 unspecified atom stereocenters. The number of halogens is 2. The van der Waals surface area contributed by atoms with Crippen molar-refractivity contribution in [3.8, 4) is 0 Å². The minimum absolute atomic E-state index is 0.262. The summed E-state index contributed by atoms with van der Waals surface area (Å²) in [5.74, 6) is 0.295. The maximum Gasteiger partial charge on any atom is 0.127 e. The maximum atomic E-state index is 13.1. The third-order valence-electron chi connectivity index (χ3n) is 2.53. The predicted molar refractivity (Wildman–Crippen MR) is 65.2 cm³/mol. The quantitative estimate of drug-likeness (QED) is 0.822. The van der Waals surface area contributed by atoms with Gasteiger partial charge in [0.2, 0.25) is 0 Å². The second-order valence-corrected chi connectivity index (χ2v) is 4.48. The van der Waals surface area contributed by atoms with Crippen LogP contribution in [-0.2, 0) is 0 Å². The fourth-order valence-corrected chi connectivity index (χ4v) is 1.95. The predicted octanol–water partition coefficient (Wildman–Crippen LogP) is 3.73. The Bertz CT molecular complexity index is 552. The Balaban J connectivity index is 2.79. The Kier molecular flexibility index (Phi) is 2.72. The van der Waals surface area contributed by atoms with Crippen LogP contribution in [0.1, 0.15) is 25.3 Å². The van der Waals surface area contributed by atoms with E-state index in [4.69, 9.17) is 17.3 Å². The summed E-state index contributed by atoms with van der Waals surface area (Å²) in [4.78, 5) is 4.17. The van der Waals surface area contributed by atoms with Crippen LogP contribution < -0.4 is 5.73 Å². The molecule has 1 heterocycles. The lowest BCUT2D eigenvalue weighted by atomic mass is 10.0. The van der Waals surface area contributed by atoms with Crippen molar-refractivity contribution in [3.63, 3.8) is 0 Å². The van der Waals surface area contributed by atoms with E-state index in [1.54, 1.807) is 0 Å². The molecule has 2 nitrogen and oxygen atoms in total. The highest BCUT2D eigenvalue weighted by Crippen LogP contribution is 2.29. The molecule has 0 aliphatic rings. The molecule has 1 aromatic heterocycles. The molecule has 0 aliphatic carbocycles. The number of aromatic nitrogens is 1. The molecule has 0 saturated heterocycles. The fourth-order valence-electron chi connectivity index (χ4n) is 1.69. The van der Waals surface area contributed by atoms with E-state index >= 15 is 0 Å². The van der Waals surface area contributed by atoms with Crippen molar-refractivity contribution in [1.82, 2.24) is 4.98 Å². The molecule has 0 bridgehead atoms. The van der Waals surface area contributed by atoms with Gasteiger partial charge in [-0.05, 0) is 23.6 Å². The van der Waals surface area contributed by atoms with Crippen LogP contribution in [0, 0.1) is 5.82 Å². The number of rotatable bonds is 1. The van der Waals surface area contributed by atoms with E-state index in [0.717, 1.165) is 10.9 Å². The molecule has 0 aliphatic heterocycles. The Morgan fingerprint density at radius 3 is 2.62 bits per heavy atom. The van der Waals surface area contributed by atoms with Gasteiger partial charge in [0.05, 0.1) is 10.5 Å². The minimum Gasteiger partial charge on any atom is -0.383 e. The SMILES string of the molecule is CC(C)c1cc2c(Cl)cc(F)cc2nc1N. The number of hydrogen-bond donors (Lipinski definition) is 1. The summed E-state index contributed by atoms with van der Waals surface area (Å²) >= 11 is 5.97. The first-order valence-electron chi connectivity index (χ1n) is 5.04. The van der Waals surface area contributed by atoms with Crippen LogP contribution in [0.3, 0.4) is 0 Å². The molecule has 2 N–H and O–H groups in total. The lowest BCUT2D eigenvalue weighted by Crippen LogP contribution is -2.00. The average molecular weight is 239 g/mol. The van der Waals surface area contributed by atoms with Crippen molar-refractivity contribution in [1.29, 1.82) is 0 Å². The summed E-state index contributed by atoms with van der Waals surface area (Å²) in [5, 5.41) is 1.10. The maximum absolute atomic E-state index is 13.1. The summed E-state index contributed by atoms with van der Waals surface area (Å²) in [6, 6.07) is 4.50. The third-order valence-corrected chi connectivity index (χ3v) is 2.84. The number of fused-ring (bicyclic) bond motifs is 1. The van der Waals surface area contributed by atoms with E-state index in [2.05, 4.69) is 4.98 Å². The summed E-state index contributed by atoms with van der Waals surface area (Å²) in [6.07, 6.45) is 0. The van der Waals surface area contributed by atoms with Gasteiger partial charge in [-0.15, -0.1) is 0 Å². The first kappa shape index (κ1) is 11.1. The van der Waals surface area contributed by atoms with Crippen LogP contribution in [0.5, 0.6) is 0 Å². The number of benzene rings is 1. The topological polar surface area (TPSA) is 38.9 Å². The van der Waals surface area contributed by atoms with Gasteiger partial charge in [-0.3, -0.25) is 0 Å². The van der Waals surface area contributed by atoms with Crippen LogP contribution in [0.25, 0.3) is 10.9 Å². The van der Waals surface area contributed by atoms with E-state index in [1.165, 1.54) is 12.1 Å². The smallest absolute Gasteiger partial charge is 0.127 e. The number of nitrogens with zero attached hydrogens (tertiary/aromatic N) is 1. The molecule has 0 spiro atoms. The number of pyridine rings is 1. The highest BCUT2D eigenvalue weighted by Gasteiger charge is 2.10. The Morgan fingerprint density at radius 2 is 2.00 bits per heavy atom. The average Bonchev–Trinajstić information content (AvgIpc) is 2.15. The van der Waals surface area contributed by atoms with Gasteiger partial charge in [0.15, 0.2) is 0 Å². The van der Waals surface area contributed by atoms with Gasteiger partial charge < -0.3 is 5.73 Å². The molecule has 0 amide bonds. The van der Waals surface area contributed by atoms with Crippen LogP contribution in [-0.4, -0.2) is 4.98 Å². The van der Waals surface area contributed by atoms with Crippen molar-refractivity contribution >= 4 is 28.3 Å². The zero-order valence-electron chi connectivity index (χ0n) is 9.09. The Hall–Kier alpha value is -1.35. The van der Waals surface area contributed by atoms with E-state index in [9.17, 15) is 4.39 Å². The number of nitrogens with two attached hydrogens (primary N) is 1. The molecule has 2 rings (SSSR count). The molecule has 1 aromatic carbocycles. The molecule has 16 heavy (non-hydrogen) atoms. The monoisotopic (exact) mass is 238 g/mol. The molecule has 2 aromatic rings. The van der Waals surface area contributed by atoms with E-state index in [-0.39, 0.29) is 5.92 Å². The zero-order chi connectivity index (χ0) is 11.9. The molecular weight excluding hydrogens is 227 g/mol. The highest BCUT2D eigenvalue weighted by molar-refractivity contribution is 6.35. The zero-order valence-corrected chi connectivity index (χ0v) is 9.85. The number of hydrogen-bond acceptors (Lipinski definition) is 2. The molecule has 84 valence electrons. The summed E-state index contributed by atoms with van der Waals surface area (Å²) in [5.41, 5.74) is 7.24. The second-order valence-electron chi connectivity index (χ2n) is 4.07. The van der Waals surface area contributed by atoms with Crippen LogP contribution in [0.15, 0.2) is 18.2 Å². The van der Waals surface area contributed by atoms with Crippen molar-refractivity contribution in [2.24, 2.45) is 0 Å². The van der Waals surface area contributed by atoms with Crippen molar-refractivity contribution in [3.05, 3.63) is 34.6 Å².